The van der Waals surface area contributed by atoms with Gasteiger partial charge >= 0.3 is 12.1 Å². The van der Waals surface area contributed by atoms with E-state index in [9.17, 15) is 18.0 Å². The van der Waals surface area contributed by atoms with Gasteiger partial charge in [0.1, 0.15) is 0 Å². The highest BCUT2D eigenvalue weighted by Crippen LogP contribution is 2.38. The molecule has 2 aromatic carbocycles. The number of aryl methyl sites for hydroxylation is 1. The van der Waals surface area contributed by atoms with Crippen molar-refractivity contribution in [3.63, 3.8) is 0 Å². The van der Waals surface area contributed by atoms with Crippen molar-refractivity contribution in [2.24, 2.45) is 0 Å². The fourth-order valence-corrected chi connectivity index (χ4v) is 2.03. The first-order chi connectivity index (χ1) is 9.30. The number of benzene rings is 2. The van der Waals surface area contributed by atoms with Crippen molar-refractivity contribution >= 4 is 5.97 Å². The monoisotopic (exact) mass is 280 g/mol. The molecule has 0 saturated heterocycles. The van der Waals surface area contributed by atoms with Gasteiger partial charge in [-0.1, -0.05) is 35.9 Å². The number of carbonyl (C=O) groups is 1. The molecule has 0 saturated carbocycles. The Bertz CT molecular complexity index is 660. The Balaban J connectivity index is 2.75. The Kier molecular flexibility index (Phi) is 3.53. The van der Waals surface area contributed by atoms with Gasteiger partial charge in [-0.05, 0) is 30.2 Å². The van der Waals surface area contributed by atoms with E-state index in [4.69, 9.17) is 5.11 Å². The highest BCUT2D eigenvalue weighted by Gasteiger charge is 2.34. The van der Waals surface area contributed by atoms with Crippen LogP contribution >= 0.6 is 0 Å². The SMILES string of the molecule is Cc1ccc(C(=O)O)c(-c2ccccc2C(F)(F)F)c1. The van der Waals surface area contributed by atoms with Crippen LogP contribution in [0.3, 0.4) is 0 Å². The summed E-state index contributed by atoms with van der Waals surface area (Å²) in [5.74, 6) is -1.25. The average Bonchev–Trinajstić information content (AvgIpc) is 2.37. The minimum absolute atomic E-state index is 0.0745. The molecule has 0 amide bonds. The Morgan fingerprint density at radius 1 is 1.05 bits per heavy atom. The standard InChI is InChI=1S/C15H11F3O2/c1-9-6-7-11(14(19)20)12(8-9)10-4-2-3-5-13(10)15(16,17)18/h2-8H,1H3,(H,19,20). The number of hydrogen-bond acceptors (Lipinski definition) is 1. The zero-order chi connectivity index (χ0) is 14.9. The Morgan fingerprint density at radius 3 is 2.30 bits per heavy atom. The topological polar surface area (TPSA) is 37.3 Å². The predicted molar refractivity (Wildman–Crippen MR) is 68.6 cm³/mol. The van der Waals surface area contributed by atoms with E-state index in [1.165, 1.54) is 30.3 Å². The fraction of sp³-hybridized carbons (Fsp3) is 0.133. The molecule has 0 heterocycles. The van der Waals surface area contributed by atoms with E-state index in [1.807, 2.05) is 0 Å². The van der Waals surface area contributed by atoms with Crippen molar-refractivity contribution in [2.45, 2.75) is 13.1 Å². The third kappa shape index (κ3) is 2.66. The number of rotatable bonds is 2. The predicted octanol–water partition coefficient (Wildman–Crippen LogP) is 4.38. The number of carboxylic acid groups (broad SMARTS) is 1. The summed E-state index contributed by atoms with van der Waals surface area (Å²) < 4.78 is 39.1. The molecule has 0 spiro atoms. The number of halogens is 3. The zero-order valence-corrected chi connectivity index (χ0v) is 10.5. The molecule has 5 heteroatoms. The molecular formula is C15H11F3O2. The Labute approximate surface area is 113 Å². The number of aromatic carboxylic acids is 1. The number of alkyl halides is 3. The van der Waals surface area contributed by atoms with E-state index in [1.54, 1.807) is 13.0 Å². The van der Waals surface area contributed by atoms with Gasteiger partial charge in [-0.25, -0.2) is 4.79 Å². The Hall–Kier alpha value is -2.30. The van der Waals surface area contributed by atoms with Crippen LogP contribution in [0, 0.1) is 6.92 Å². The highest BCUT2D eigenvalue weighted by atomic mass is 19.4. The van der Waals surface area contributed by atoms with E-state index in [-0.39, 0.29) is 16.7 Å². The summed E-state index contributed by atoms with van der Waals surface area (Å²) in [6.45, 7) is 1.70. The van der Waals surface area contributed by atoms with Crippen molar-refractivity contribution < 1.29 is 23.1 Å². The molecule has 2 rings (SSSR count). The van der Waals surface area contributed by atoms with Gasteiger partial charge < -0.3 is 5.11 Å². The lowest BCUT2D eigenvalue weighted by Crippen LogP contribution is -2.09. The molecule has 0 aliphatic rings. The van der Waals surface area contributed by atoms with Crippen LogP contribution in [0.15, 0.2) is 42.5 Å². The molecule has 0 aromatic heterocycles. The van der Waals surface area contributed by atoms with Crippen LogP contribution in [0.2, 0.25) is 0 Å². The molecule has 0 bridgehead atoms. The minimum Gasteiger partial charge on any atom is -0.478 e. The van der Waals surface area contributed by atoms with Crippen LogP contribution in [0.1, 0.15) is 21.5 Å². The van der Waals surface area contributed by atoms with Gasteiger partial charge in [0, 0.05) is 0 Å². The van der Waals surface area contributed by atoms with Gasteiger partial charge in [-0.3, -0.25) is 0 Å². The summed E-state index contributed by atoms with van der Waals surface area (Å²) in [7, 11) is 0. The van der Waals surface area contributed by atoms with Gasteiger partial charge in [0.25, 0.3) is 0 Å². The first kappa shape index (κ1) is 14.1. The third-order valence-electron chi connectivity index (χ3n) is 2.93. The van der Waals surface area contributed by atoms with Crippen molar-refractivity contribution in [3.05, 3.63) is 59.2 Å². The van der Waals surface area contributed by atoms with Gasteiger partial charge in [0.2, 0.25) is 0 Å². The lowest BCUT2D eigenvalue weighted by atomic mass is 9.93. The molecule has 2 aromatic rings. The van der Waals surface area contributed by atoms with E-state index in [0.29, 0.717) is 5.56 Å². The molecule has 0 unspecified atom stereocenters. The molecule has 0 radical (unpaired) electrons. The molecule has 0 atom stereocenters. The van der Waals surface area contributed by atoms with Crippen LogP contribution in [-0.2, 0) is 6.18 Å². The molecule has 1 N–H and O–H groups in total. The summed E-state index contributed by atoms with van der Waals surface area (Å²) in [6.07, 6.45) is -4.53. The second kappa shape index (κ2) is 5.00. The summed E-state index contributed by atoms with van der Waals surface area (Å²) in [5, 5.41) is 9.13. The minimum atomic E-state index is -4.53. The zero-order valence-electron chi connectivity index (χ0n) is 10.5. The first-order valence-electron chi connectivity index (χ1n) is 5.81. The van der Waals surface area contributed by atoms with Gasteiger partial charge in [0.05, 0.1) is 11.1 Å². The molecule has 20 heavy (non-hydrogen) atoms. The van der Waals surface area contributed by atoms with Crippen molar-refractivity contribution in [1.82, 2.24) is 0 Å². The van der Waals surface area contributed by atoms with Crippen LogP contribution in [0.4, 0.5) is 13.2 Å². The second-order valence-corrected chi connectivity index (χ2v) is 4.40. The highest BCUT2D eigenvalue weighted by molar-refractivity contribution is 5.96. The van der Waals surface area contributed by atoms with Crippen molar-refractivity contribution in [3.8, 4) is 11.1 Å². The summed E-state index contributed by atoms with van der Waals surface area (Å²) in [6, 6.07) is 9.30. The van der Waals surface area contributed by atoms with E-state index < -0.39 is 17.7 Å². The van der Waals surface area contributed by atoms with Gasteiger partial charge in [-0.2, -0.15) is 13.2 Å². The smallest absolute Gasteiger partial charge is 0.417 e. The normalized spacial score (nSPS) is 11.4. The summed E-state index contributed by atoms with van der Waals surface area (Å²) in [4.78, 5) is 11.2. The van der Waals surface area contributed by atoms with E-state index in [2.05, 4.69) is 0 Å². The summed E-state index contributed by atoms with van der Waals surface area (Å²) in [5.41, 5.74) is -0.339. The van der Waals surface area contributed by atoms with E-state index >= 15 is 0 Å². The maximum absolute atomic E-state index is 13.0. The van der Waals surface area contributed by atoms with Crippen LogP contribution in [0.5, 0.6) is 0 Å². The fourth-order valence-electron chi connectivity index (χ4n) is 2.03. The molecule has 2 nitrogen and oxygen atoms in total. The molecular weight excluding hydrogens is 269 g/mol. The lowest BCUT2D eigenvalue weighted by Gasteiger charge is -2.15. The van der Waals surface area contributed by atoms with Crippen molar-refractivity contribution in [1.29, 1.82) is 0 Å². The molecule has 0 fully saturated rings. The van der Waals surface area contributed by atoms with Gasteiger partial charge in [-0.15, -0.1) is 0 Å². The maximum atomic E-state index is 13.0. The quantitative estimate of drug-likeness (QED) is 0.886. The van der Waals surface area contributed by atoms with Crippen molar-refractivity contribution in [2.75, 3.05) is 0 Å². The second-order valence-electron chi connectivity index (χ2n) is 4.40. The Morgan fingerprint density at radius 2 is 1.70 bits per heavy atom. The molecule has 0 aliphatic heterocycles. The van der Waals surface area contributed by atoms with Crippen LogP contribution in [0.25, 0.3) is 11.1 Å². The lowest BCUT2D eigenvalue weighted by molar-refractivity contribution is -0.137. The van der Waals surface area contributed by atoms with Gasteiger partial charge in [0.15, 0.2) is 0 Å². The molecule has 0 aliphatic carbocycles. The third-order valence-corrected chi connectivity index (χ3v) is 2.93. The maximum Gasteiger partial charge on any atom is 0.417 e. The summed E-state index contributed by atoms with van der Waals surface area (Å²) >= 11 is 0. The van der Waals surface area contributed by atoms with E-state index in [0.717, 1.165) is 6.07 Å². The average molecular weight is 280 g/mol. The number of hydrogen-bond donors (Lipinski definition) is 1. The molecule has 104 valence electrons. The van der Waals surface area contributed by atoms with Crippen LogP contribution in [-0.4, -0.2) is 11.1 Å². The number of carboxylic acids is 1. The largest absolute Gasteiger partial charge is 0.478 e. The first-order valence-corrected chi connectivity index (χ1v) is 5.81. The van der Waals surface area contributed by atoms with Crippen LogP contribution < -0.4 is 0 Å².